The Kier molecular flexibility index (Phi) is 8.94. The van der Waals surface area contributed by atoms with Gasteiger partial charge in [-0.3, -0.25) is 14.5 Å². The van der Waals surface area contributed by atoms with Gasteiger partial charge in [-0.2, -0.15) is 0 Å². The summed E-state index contributed by atoms with van der Waals surface area (Å²) in [6.07, 6.45) is 4.61. The molecule has 4 heterocycles. The van der Waals surface area contributed by atoms with Gasteiger partial charge in [0.15, 0.2) is 0 Å². The summed E-state index contributed by atoms with van der Waals surface area (Å²) >= 11 is 14.5. The normalized spacial score (nSPS) is 24.3. The fourth-order valence-corrected chi connectivity index (χ4v) is 8.19. The number of carbonyl (C=O) groups is 2. The molecule has 1 unspecified atom stereocenters. The largest absolute Gasteiger partial charge is 0.334 e. The molecule has 0 aliphatic carbocycles. The third-order valence-corrected chi connectivity index (χ3v) is 10.7. The van der Waals surface area contributed by atoms with Crippen molar-refractivity contribution in [1.29, 1.82) is 0 Å². The lowest BCUT2D eigenvalue weighted by atomic mass is 9.97. The Morgan fingerprint density at radius 2 is 1.69 bits per heavy atom. The van der Waals surface area contributed by atoms with Crippen molar-refractivity contribution in [2.24, 2.45) is 0 Å². The Labute approximate surface area is 262 Å². The average Bonchev–Trinajstić information content (AvgIpc) is 3.56. The highest BCUT2D eigenvalue weighted by Gasteiger charge is 2.41. The highest BCUT2D eigenvalue weighted by molar-refractivity contribution is 7.09. The van der Waals surface area contributed by atoms with E-state index < -0.39 is 0 Å². The van der Waals surface area contributed by atoms with E-state index in [1.165, 1.54) is 17.7 Å². The Bertz CT molecular complexity index is 1410. The topological polar surface area (TPSA) is 55.9 Å². The van der Waals surface area contributed by atoms with Crippen LogP contribution in [0.25, 0.3) is 0 Å². The van der Waals surface area contributed by atoms with Crippen LogP contribution < -0.4 is 5.32 Å². The van der Waals surface area contributed by atoms with Crippen molar-refractivity contribution in [2.45, 2.75) is 70.2 Å². The lowest BCUT2D eigenvalue weighted by Crippen LogP contribution is -2.55. The molecule has 2 bridgehead atoms. The summed E-state index contributed by atoms with van der Waals surface area (Å²) in [5, 5.41) is 6.69. The number of fused-ring (bicyclic) bond motifs is 2. The summed E-state index contributed by atoms with van der Waals surface area (Å²) in [5.41, 5.74) is 3.69. The zero-order valence-electron chi connectivity index (χ0n) is 24.2. The second kappa shape index (κ2) is 12.7. The molecule has 1 aromatic heterocycles. The van der Waals surface area contributed by atoms with Gasteiger partial charge in [-0.05, 0) is 80.8 Å². The molecule has 0 spiro atoms. The van der Waals surface area contributed by atoms with Crippen LogP contribution in [0, 0.1) is 13.8 Å². The molecule has 3 aromatic rings. The van der Waals surface area contributed by atoms with E-state index in [0.29, 0.717) is 53.4 Å². The number of hydrogen-bond acceptors (Lipinski definition) is 5. The molecule has 6 rings (SSSR count). The molecule has 0 radical (unpaired) electrons. The maximum Gasteiger partial charge on any atom is 0.254 e. The van der Waals surface area contributed by atoms with E-state index in [4.69, 9.17) is 23.2 Å². The molecule has 2 amide bonds. The fourth-order valence-electron chi connectivity index (χ4n) is 7.17. The van der Waals surface area contributed by atoms with Gasteiger partial charge in [0.25, 0.3) is 5.91 Å². The smallest absolute Gasteiger partial charge is 0.254 e. The molecule has 3 aliphatic heterocycles. The van der Waals surface area contributed by atoms with Crippen molar-refractivity contribution in [1.82, 2.24) is 20.0 Å². The number of piperidine rings is 1. The highest BCUT2D eigenvalue weighted by Crippen LogP contribution is 2.37. The standard InChI is InChI=1S/C33H38Cl2N4O2S/c1-21-12-22(2)14-24(13-21)33(41)37-9-10-38(31(20-37)23-5-8-29(34)30(35)15-23)32(40)18-36-25-16-26-6-7-27(17-25)39(26)19-28-4-3-11-42-28/h3-5,8,11-15,25-27,31,36H,6-7,9-10,16-20H2,1-2H3/t25?,26-,27+,31-/m0/s1. The lowest BCUT2D eigenvalue weighted by molar-refractivity contribution is -0.135. The van der Waals surface area contributed by atoms with Crippen molar-refractivity contribution in [2.75, 3.05) is 26.2 Å². The van der Waals surface area contributed by atoms with E-state index in [1.54, 1.807) is 6.07 Å². The van der Waals surface area contributed by atoms with Gasteiger partial charge in [0.2, 0.25) is 5.91 Å². The highest BCUT2D eigenvalue weighted by atomic mass is 35.5. The number of hydrogen-bond donors (Lipinski definition) is 1. The summed E-state index contributed by atoms with van der Waals surface area (Å²) in [6, 6.07) is 17.0. The predicted octanol–water partition coefficient (Wildman–Crippen LogP) is 6.48. The number of nitrogens with one attached hydrogen (secondary N) is 1. The van der Waals surface area contributed by atoms with E-state index in [1.807, 2.05) is 59.2 Å². The zero-order valence-corrected chi connectivity index (χ0v) is 26.5. The van der Waals surface area contributed by atoms with Gasteiger partial charge in [0, 0.05) is 54.7 Å². The molecule has 0 saturated carbocycles. The van der Waals surface area contributed by atoms with Gasteiger partial charge in [0.1, 0.15) is 0 Å². The monoisotopic (exact) mass is 624 g/mol. The Balaban J connectivity index is 1.13. The lowest BCUT2D eigenvalue weighted by Gasteiger charge is -2.42. The summed E-state index contributed by atoms with van der Waals surface area (Å²) < 4.78 is 0. The minimum Gasteiger partial charge on any atom is -0.334 e. The van der Waals surface area contributed by atoms with E-state index in [0.717, 1.165) is 36.1 Å². The van der Waals surface area contributed by atoms with Crippen molar-refractivity contribution in [3.05, 3.63) is 91.1 Å². The molecular weight excluding hydrogens is 587 g/mol. The van der Waals surface area contributed by atoms with Crippen LogP contribution in [-0.2, 0) is 11.3 Å². The number of nitrogens with zero attached hydrogens (tertiary/aromatic N) is 3. The van der Waals surface area contributed by atoms with Crippen LogP contribution >= 0.6 is 34.5 Å². The van der Waals surface area contributed by atoms with Crippen LogP contribution in [0.15, 0.2) is 53.9 Å². The van der Waals surface area contributed by atoms with Gasteiger partial charge in [-0.25, -0.2) is 0 Å². The maximum atomic E-state index is 13.8. The average molecular weight is 626 g/mol. The molecule has 4 atom stereocenters. The van der Waals surface area contributed by atoms with Crippen LogP contribution in [0.3, 0.4) is 0 Å². The molecular formula is C33H38Cl2N4O2S. The summed E-state index contributed by atoms with van der Waals surface area (Å²) in [4.78, 5) is 35.2. The Hall–Kier alpha value is -2.42. The minimum absolute atomic E-state index is 0.0122. The van der Waals surface area contributed by atoms with Crippen molar-refractivity contribution in [3.8, 4) is 0 Å². The second-order valence-corrected chi connectivity index (χ2v) is 13.9. The number of aryl methyl sites for hydroxylation is 2. The number of halogens is 2. The van der Waals surface area contributed by atoms with E-state index >= 15 is 0 Å². The number of benzene rings is 2. The fraction of sp³-hybridized carbons (Fsp3) is 0.455. The van der Waals surface area contributed by atoms with Crippen molar-refractivity contribution in [3.63, 3.8) is 0 Å². The zero-order chi connectivity index (χ0) is 29.4. The summed E-state index contributed by atoms with van der Waals surface area (Å²) in [6.45, 7) is 6.69. The van der Waals surface area contributed by atoms with Crippen LogP contribution in [0.5, 0.6) is 0 Å². The third-order valence-electron chi connectivity index (χ3n) is 9.13. The predicted molar refractivity (Wildman–Crippen MR) is 170 cm³/mol. The number of carbonyl (C=O) groups excluding carboxylic acids is 2. The second-order valence-electron chi connectivity index (χ2n) is 12.1. The van der Waals surface area contributed by atoms with Gasteiger partial charge < -0.3 is 15.1 Å². The van der Waals surface area contributed by atoms with Crippen LogP contribution in [-0.4, -0.2) is 70.8 Å². The molecule has 222 valence electrons. The molecule has 3 aliphatic rings. The molecule has 2 aromatic carbocycles. The van der Waals surface area contributed by atoms with Crippen molar-refractivity contribution < 1.29 is 9.59 Å². The van der Waals surface area contributed by atoms with E-state index in [9.17, 15) is 9.59 Å². The SMILES string of the molecule is Cc1cc(C)cc(C(=O)N2CCN(C(=O)CNC3C[C@H]4CC[C@@H](C3)N4Cc3cccs3)[C@H](c3ccc(Cl)c(Cl)c3)C2)c1. The van der Waals surface area contributed by atoms with Crippen molar-refractivity contribution >= 4 is 46.4 Å². The van der Waals surface area contributed by atoms with Gasteiger partial charge in [-0.15, -0.1) is 11.3 Å². The van der Waals surface area contributed by atoms with Crippen LogP contribution in [0.4, 0.5) is 0 Å². The number of rotatable bonds is 7. The van der Waals surface area contributed by atoms with Gasteiger partial charge in [-0.1, -0.05) is 52.5 Å². The quantitative estimate of drug-likeness (QED) is 0.327. The van der Waals surface area contributed by atoms with Gasteiger partial charge in [0.05, 0.1) is 22.6 Å². The van der Waals surface area contributed by atoms with E-state index in [-0.39, 0.29) is 24.4 Å². The Morgan fingerprint density at radius 3 is 2.36 bits per heavy atom. The molecule has 1 N–H and O–H groups in total. The van der Waals surface area contributed by atoms with Gasteiger partial charge >= 0.3 is 0 Å². The van der Waals surface area contributed by atoms with Crippen LogP contribution in [0.1, 0.15) is 63.7 Å². The first-order valence-corrected chi connectivity index (χ1v) is 16.5. The Morgan fingerprint density at radius 1 is 0.952 bits per heavy atom. The minimum atomic E-state index is -0.304. The summed E-state index contributed by atoms with van der Waals surface area (Å²) in [7, 11) is 0. The maximum absolute atomic E-state index is 13.8. The molecule has 3 saturated heterocycles. The molecule has 9 heteroatoms. The first-order valence-electron chi connectivity index (χ1n) is 14.9. The van der Waals surface area contributed by atoms with E-state index in [2.05, 4.69) is 33.8 Å². The number of amides is 2. The molecule has 42 heavy (non-hydrogen) atoms. The first kappa shape index (κ1) is 29.6. The molecule has 6 nitrogen and oxygen atoms in total. The number of thiophene rings is 1. The molecule has 3 fully saturated rings. The first-order chi connectivity index (χ1) is 20.2. The summed E-state index contributed by atoms with van der Waals surface area (Å²) in [5.74, 6) is 0.0415. The number of piperazine rings is 1. The van der Waals surface area contributed by atoms with Crippen LogP contribution in [0.2, 0.25) is 10.0 Å². The third kappa shape index (κ3) is 6.41.